The lowest BCUT2D eigenvalue weighted by Crippen LogP contribution is -2.41. The number of nitrogens with two attached hydrogens (primary N) is 1. The smallest absolute Gasteiger partial charge is 0.323 e. The second-order valence-corrected chi connectivity index (χ2v) is 28.2. The van der Waals surface area contributed by atoms with Crippen LogP contribution in [-0.2, 0) is 63.5 Å². The number of halogens is 1. The monoisotopic (exact) mass is 1430 g/mol. The Hall–Kier alpha value is -6.55. The quantitative estimate of drug-likeness (QED) is 0.0189. The van der Waals surface area contributed by atoms with E-state index >= 15 is 0 Å². The van der Waals surface area contributed by atoms with E-state index in [1.165, 1.54) is 36.0 Å². The second kappa shape index (κ2) is 52.4. The lowest BCUT2D eigenvalue weighted by molar-refractivity contribution is -0.151. The van der Waals surface area contributed by atoms with Gasteiger partial charge in [-0.3, -0.25) is 14.4 Å². The van der Waals surface area contributed by atoms with E-state index in [4.69, 9.17) is 39.6 Å². The van der Waals surface area contributed by atoms with Gasteiger partial charge >= 0.3 is 17.9 Å². The van der Waals surface area contributed by atoms with Gasteiger partial charge in [0.2, 0.25) is 0 Å². The van der Waals surface area contributed by atoms with Gasteiger partial charge in [0.15, 0.2) is 0 Å². The predicted octanol–water partition coefficient (Wildman–Crippen LogP) is 20.0. The molecule has 0 amide bonds. The number of benzene rings is 6. The molecular weight excluding hydrogens is 1300 g/mol. The predicted molar refractivity (Wildman–Crippen MR) is 413 cm³/mol. The Bertz CT molecular complexity index is 2890. The number of hydrogen-bond donors (Lipinski definition) is 5. The van der Waals surface area contributed by atoms with Crippen LogP contribution in [0.4, 0.5) is 0 Å². The zero-order valence-corrected chi connectivity index (χ0v) is 65.5. The van der Waals surface area contributed by atoms with Crippen LogP contribution >= 0.6 is 15.9 Å². The molecule has 552 valence electrons. The van der Waals surface area contributed by atoms with Crippen molar-refractivity contribution in [2.24, 2.45) is 59.0 Å². The van der Waals surface area contributed by atoms with Crippen LogP contribution < -0.4 is 25.3 Å². The van der Waals surface area contributed by atoms with Gasteiger partial charge in [-0.05, 0) is 145 Å². The summed E-state index contributed by atoms with van der Waals surface area (Å²) in [7, 11) is 0. The van der Waals surface area contributed by atoms with Gasteiger partial charge in [0, 0.05) is 10.9 Å². The standard InChI is InChI=1S/C22H28O3.C21H27NO3.C15H16O2.C13H29NO.C7H15Br.C7H14O2/c1-5-17(3)18(4)22(23)25-15-20-10-12-21(13-11-20)24-14-19-8-6-16(2)7-9-19;1-4-16(3)20(22)21(23)25-14-18-9-11-19(12-10-18)24-13-17-7-5-15(2)6-8-17;1-12-2-4-14(5-3-12)11-17-15-8-6-13(10-16)7-9-15;1-6-10(3)12(5)8-14-13(9-15)11(4)7-2;1-4-6(3)7(8)5-2;1-4-5(2)6(3)7(8)9/h6-13,17-18H,5,14-15H2,1-4H3;5-12,16,20H,4,13-14,22H2,1-3H3;2-9,16H,10-11H2,1H3;10-15H,6-9H2,1-5H3;6-7H,4-5H2,1-3H3;5-6H,4H2,1-3H3,(H,8,9). The van der Waals surface area contributed by atoms with Gasteiger partial charge in [-0.25, -0.2) is 0 Å². The fourth-order valence-corrected chi connectivity index (χ4v) is 9.52. The van der Waals surface area contributed by atoms with Gasteiger partial charge in [0.05, 0.1) is 25.0 Å². The molecule has 0 saturated heterocycles. The summed E-state index contributed by atoms with van der Waals surface area (Å²) in [6, 6.07) is 47.3. The van der Waals surface area contributed by atoms with E-state index in [2.05, 4.69) is 184 Å². The minimum Gasteiger partial charge on any atom is -0.489 e. The van der Waals surface area contributed by atoms with Crippen LogP contribution in [-0.4, -0.2) is 63.3 Å². The van der Waals surface area contributed by atoms with E-state index in [-0.39, 0.29) is 55.6 Å². The van der Waals surface area contributed by atoms with Crippen molar-refractivity contribution < 1.29 is 53.4 Å². The van der Waals surface area contributed by atoms with Gasteiger partial charge in [0.1, 0.15) is 56.3 Å². The lowest BCUT2D eigenvalue weighted by Gasteiger charge is -2.26. The molecule has 0 fully saturated rings. The maximum absolute atomic E-state index is 12.0. The van der Waals surface area contributed by atoms with E-state index < -0.39 is 12.0 Å². The molecule has 0 heterocycles. The summed E-state index contributed by atoms with van der Waals surface area (Å²) in [5.41, 5.74) is 15.8. The first-order chi connectivity index (χ1) is 47.1. The summed E-state index contributed by atoms with van der Waals surface area (Å²) < 4.78 is 27.9. The number of carbonyl (C=O) groups is 3. The molecule has 12 unspecified atom stereocenters. The summed E-state index contributed by atoms with van der Waals surface area (Å²) in [5, 5.41) is 30.2. The molecule has 0 aliphatic carbocycles. The van der Waals surface area contributed by atoms with Gasteiger partial charge in [-0.15, -0.1) is 0 Å². The number of esters is 2. The van der Waals surface area contributed by atoms with Gasteiger partial charge < -0.3 is 50.1 Å². The number of alkyl halides is 1. The van der Waals surface area contributed by atoms with E-state index in [0.29, 0.717) is 50.1 Å². The summed E-state index contributed by atoms with van der Waals surface area (Å²) in [6.45, 7) is 43.4. The van der Waals surface area contributed by atoms with Crippen LogP contribution in [0.2, 0.25) is 0 Å². The molecule has 0 spiro atoms. The van der Waals surface area contributed by atoms with Crippen molar-refractivity contribution in [2.75, 3.05) is 13.2 Å². The molecule has 0 aromatic heterocycles. The number of nitrogens with one attached hydrogen (secondary N) is 1. The highest BCUT2D eigenvalue weighted by Crippen LogP contribution is 2.23. The third kappa shape index (κ3) is 38.7. The Morgan fingerprint density at radius 1 is 0.394 bits per heavy atom. The Labute approximate surface area is 607 Å². The Morgan fingerprint density at radius 3 is 1.00 bits per heavy atom. The normalized spacial score (nSPS) is 14.3. The van der Waals surface area contributed by atoms with Crippen molar-refractivity contribution in [2.45, 2.75) is 233 Å². The summed E-state index contributed by atoms with van der Waals surface area (Å²) in [6.07, 6.45) is 7.64. The summed E-state index contributed by atoms with van der Waals surface area (Å²) in [5.74, 6) is 4.56. The molecule has 99 heavy (non-hydrogen) atoms. The Kier molecular flexibility index (Phi) is 47.9. The highest BCUT2D eigenvalue weighted by Gasteiger charge is 2.23. The SMILES string of the molecule is CCC(C)C(Br)CC.CCC(C)C(C)C(=O)O.CCC(C)C(C)C(=O)OCc1ccc(OCc2ccc(C)cc2)cc1.CCC(C)C(C)CNC(CO)C(C)CC.CCC(C)C(N)C(=O)OCc1ccc(OCc2ccc(C)cc2)cc1.Cc1ccc(COc2ccc(CO)cc2)cc1. The average molecular weight is 1430 g/mol. The summed E-state index contributed by atoms with van der Waals surface area (Å²) >= 11 is 3.60. The fourth-order valence-electron chi connectivity index (χ4n) is 9.14. The van der Waals surface area contributed by atoms with Crippen LogP contribution in [0.1, 0.15) is 206 Å². The van der Waals surface area contributed by atoms with Crippen molar-refractivity contribution >= 4 is 33.8 Å². The van der Waals surface area contributed by atoms with Crippen LogP contribution in [0.3, 0.4) is 0 Å². The number of ether oxygens (including phenoxy) is 5. The molecule has 6 aromatic carbocycles. The molecular formula is C85H129BrN2O11. The van der Waals surface area contributed by atoms with E-state index in [0.717, 1.165) is 99.5 Å². The van der Waals surface area contributed by atoms with E-state index in [1.54, 1.807) is 6.92 Å². The topological polar surface area (TPSA) is 196 Å². The minimum atomic E-state index is -0.690. The zero-order chi connectivity index (χ0) is 74.4. The number of carbonyl (C=O) groups excluding carboxylic acids is 2. The molecule has 6 N–H and O–H groups in total. The molecule has 6 aromatic rings. The maximum Gasteiger partial charge on any atom is 0.323 e. The number of aliphatic carboxylic acids is 1. The van der Waals surface area contributed by atoms with Crippen LogP contribution in [0.5, 0.6) is 17.2 Å². The van der Waals surface area contributed by atoms with Gasteiger partial charge in [0.25, 0.3) is 0 Å². The third-order valence-electron chi connectivity index (χ3n) is 19.1. The molecule has 0 aliphatic heterocycles. The van der Waals surface area contributed by atoms with Crippen LogP contribution in [0, 0.1) is 74.0 Å². The molecule has 6 rings (SSSR count). The number of aliphatic hydroxyl groups is 2. The molecule has 0 aliphatic rings. The Balaban J connectivity index is 0.000000621. The van der Waals surface area contributed by atoms with Crippen molar-refractivity contribution in [1.29, 1.82) is 0 Å². The number of hydrogen-bond acceptors (Lipinski definition) is 12. The first-order valence-corrected chi connectivity index (χ1v) is 37.3. The fraction of sp³-hybridized carbons (Fsp3) is 0.541. The average Bonchev–Trinajstić information content (AvgIpc) is 1.13. The largest absolute Gasteiger partial charge is 0.489 e. The number of rotatable bonds is 34. The molecule has 0 bridgehead atoms. The highest BCUT2D eigenvalue weighted by molar-refractivity contribution is 9.09. The second-order valence-electron chi connectivity index (χ2n) is 27.0. The minimum absolute atomic E-state index is 0.0675. The van der Waals surface area contributed by atoms with Crippen molar-refractivity contribution in [3.8, 4) is 17.2 Å². The molecule has 0 radical (unpaired) electrons. The zero-order valence-electron chi connectivity index (χ0n) is 64.0. The van der Waals surface area contributed by atoms with Crippen molar-refractivity contribution in [1.82, 2.24) is 5.32 Å². The number of aliphatic hydroxyl groups excluding tert-OH is 2. The van der Waals surface area contributed by atoms with E-state index in [1.807, 2.05) is 107 Å². The lowest BCUT2D eigenvalue weighted by atomic mass is 9.92. The molecule has 0 saturated carbocycles. The van der Waals surface area contributed by atoms with Crippen LogP contribution in [0.25, 0.3) is 0 Å². The summed E-state index contributed by atoms with van der Waals surface area (Å²) in [4.78, 5) is 34.9. The highest BCUT2D eigenvalue weighted by atomic mass is 79.9. The van der Waals surface area contributed by atoms with Gasteiger partial charge in [-0.1, -0.05) is 291 Å². The van der Waals surface area contributed by atoms with Gasteiger partial charge in [-0.2, -0.15) is 0 Å². The number of aryl methyl sites for hydroxylation is 3. The van der Waals surface area contributed by atoms with Crippen molar-refractivity contribution in [3.63, 3.8) is 0 Å². The maximum atomic E-state index is 12.0. The Morgan fingerprint density at radius 2 is 0.707 bits per heavy atom. The first kappa shape index (κ1) is 90.5. The van der Waals surface area contributed by atoms with Crippen LogP contribution in [0.15, 0.2) is 146 Å². The van der Waals surface area contributed by atoms with Crippen molar-refractivity contribution in [3.05, 3.63) is 196 Å². The third-order valence-corrected chi connectivity index (χ3v) is 20.6. The molecule has 12 atom stereocenters. The number of carboxylic acids is 1. The van der Waals surface area contributed by atoms with E-state index in [9.17, 15) is 19.5 Å². The molecule has 13 nitrogen and oxygen atoms in total. The number of carboxylic acid groups (broad SMARTS) is 1. The first-order valence-electron chi connectivity index (χ1n) is 36.4. The molecule has 14 heteroatoms.